The lowest BCUT2D eigenvalue weighted by atomic mass is 9.98. The molecular weight excluding hydrogens is 456 g/mol. The van der Waals surface area contributed by atoms with Crippen molar-refractivity contribution in [2.45, 2.75) is 26.4 Å². The van der Waals surface area contributed by atoms with Crippen molar-refractivity contribution >= 4 is 16.9 Å². The van der Waals surface area contributed by atoms with E-state index < -0.39 is 0 Å². The number of rotatable bonds is 7. The van der Waals surface area contributed by atoms with Gasteiger partial charge < -0.3 is 14.0 Å². The van der Waals surface area contributed by atoms with Crippen LogP contribution in [0.1, 0.15) is 18.3 Å². The van der Waals surface area contributed by atoms with Crippen molar-refractivity contribution in [3.8, 4) is 22.5 Å². The highest BCUT2D eigenvalue weighted by atomic mass is 16.2. The monoisotopic (exact) mass is 482 g/mol. The molecule has 0 aliphatic rings. The first-order valence-corrected chi connectivity index (χ1v) is 11.7. The zero-order valence-corrected chi connectivity index (χ0v) is 20.3. The number of carbonyl (C=O) groups excluding carboxylic acids is 1. The first-order chi connectivity index (χ1) is 17.5. The van der Waals surface area contributed by atoms with Crippen molar-refractivity contribution in [3.63, 3.8) is 0 Å². The predicted octanol–water partition coefficient (Wildman–Crippen LogP) is 2.74. The molecule has 2 aromatic carbocycles. The van der Waals surface area contributed by atoms with Crippen LogP contribution in [0.3, 0.4) is 0 Å². The van der Waals surface area contributed by atoms with Crippen LogP contribution < -0.4 is 5.56 Å². The van der Waals surface area contributed by atoms with Crippen LogP contribution in [0, 0.1) is 0 Å². The molecule has 10 heteroatoms. The maximum absolute atomic E-state index is 13.3. The number of nitrogens with one attached hydrogen (secondary N) is 1. The van der Waals surface area contributed by atoms with Crippen LogP contribution in [0.4, 0.5) is 0 Å². The lowest BCUT2D eigenvalue weighted by Gasteiger charge is -2.13. The lowest BCUT2D eigenvalue weighted by Crippen LogP contribution is -2.31. The normalized spacial score (nSPS) is 11.2. The number of benzene rings is 2. The number of likely N-dealkylation sites (N-methyl/N-ethyl adjacent to an activating group) is 1. The first-order valence-electron chi connectivity index (χ1n) is 11.7. The molecule has 0 unspecified atom stereocenters. The van der Waals surface area contributed by atoms with Gasteiger partial charge in [0.25, 0.3) is 5.56 Å². The molecule has 1 N–H and O–H groups in total. The van der Waals surface area contributed by atoms with Crippen LogP contribution in [-0.4, -0.2) is 59.6 Å². The van der Waals surface area contributed by atoms with Gasteiger partial charge in [-0.3, -0.25) is 9.59 Å². The van der Waals surface area contributed by atoms with E-state index in [0.717, 1.165) is 28.1 Å². The molecular formula is C26H26N8O2. The molecule has 0 saturated carbocycles. The predicted molar refractivity (Wildman–Crippen MR) is 136 cm³/mol. The van der Waals surface area contributed by atoms with Crippen molar-refractivity contribution in [3.05, 3.63) is 82.5 Å². The van der Waals surface area contributed by atoms with Crippen LogP contribution in [0.5, 0.6) is 0 Å². The minimum absolute atomic E-state index is 0.0110. The fourth-order valence-electron chi connectivity index (χ4n) is 4.26. The highest BCUT2D eigenvalue weighted by Crippen LogP contribution is 2.30. The molecule has 5 rings (SSSR count). The van der Waals surface area contributed by atoms with Crippen LogP contribution in [0.15, 0.2) is 65.6 Å². The van der Waals surface area contributed by atoms with Crippen LogP contribution in [-0.2, 0) is 24.3 Å². The summed E-state index contributed by atoms with van der Waals surface area (Å²) in [6, 6.07) is 17.9. The number of tetrazole rings is 1. The number of nitrogens with zero attached hydrogens (tertiary/aromatic N) is 7. The lowest BCUT2D eigenvalue weighted by molar-refractivity contribution is -0.129. The number of amides is 1. The van der Waals surface area contributed by atoms with E-state index in [-0.39, 0.29) is 18.0 Å². The summed E-state index contributed by atoms with van der Waals surface area (Å²) in [5.74, 6) is 1.22. The molecule has 0 bridgehead atoms. The Bertz CT molecular complexity index is 1580. The summed E-state index contributed by atoms with van der Waals surface area (Å²) in [4.78, 5) is 31.7. The molecule has 0 aliphatic carbocycles. The van der Waals surface area contributed by atoms with Gasteiger partial charge in [-0.25, -0.2) is 4.98 Å². The van der Waals surface area contributed by atoms with E-state index in [1.807, 2.05) is 60.0 Å². The van der Waals surface area contributed by atoms with E-state index >= 15 is 0 Å². The molecule has 0 saturated heterocycles. The number of fused-ring (bicyclic) bond motifs is 1. The molecule has 182 valence electrons. The summed E-state index contributed by atoms with van der Waals surface area (Å²) in [6.45, 7) is 2.50. The highest BCUT2D eigenvalue weighted by molar-refractivity contribution is 5.80. The van der Waals surface area contributed by atoms with E-state index in [1.54, 1.807) is 26.4 Å². The van der Waals surface area contributed by atoms with Crippen molar-refractivity contribution in [1.82, 2.24) is 39.6 Å². The average molecular weight is 483 g/mol. The zero-order chi connectivity index (χ0) is 25.2. The SMILES string of the molecule is CCc1nc2ccn(CC(=O)N(C)C)c(=O)c2n1Cc1ccc(-c2ccccc2-c2nn[nH]n2)cc1. The summed E-state index contributed by atoms with van der Waals surface area (Å²) in [6.07, 6.45) is 2.32. The number of aromatic amines is 1. The van der Waals surface area contributed by atoms with E-state index in [0.29, 0.717) is 29.8 Å². The molecule has 0 spiro atoms. The Hall–Kier alpha value is -4.60. The fraction of sp³-hybridized carbons (Fsp3) is 0.231. The molecule has 0 fully saturated rings. The highest BCUT2D eigenvalue weighted by Gasteiger charge is 2.17. The number of H-pyrrole nitrogens is 1. The van der Waals surface area contributed by atoms with Crippen molar-refractivity contribution < 1.29 is 4.79 Å². The number of imidazole rings is 1. The molecule has 0 aliphatic heterocycles. The zero-order valence-electron chi connectivity index (χ0n) is 20.3. The Morgan fingerprint density at radius 3 is 2.44 bits per heavy atom. The molecule has 3 heterocycles. The molecule has 3 aromatic heterocycles. The maximum atomic E-state index is 13.3. The minimum Gasteiger partial charge on any atom is -0.347 e. The number of aromatic nitrogens is 7. The standard InChI is InChI=1S/C26H26N8O2/c1-4-22-27-21-13-14-33(16-23(35)32(2)3)26(36)24(21)34(22)15-17-9-11-18(12-10-17)19-7-5-6-8-20(19)25-28-30-31-29-25/h5-14H,4,15-16H2,1-3H3,(H,28,29,30,31). The third-order valence-electron chi connectivity index (χ3n) is 6.19. The van der Waals surface area contributed by atoms with Gasteiger partial charge in [-0.1, -0.05) is 55.5 Å². The second kappa shape index (κ2) is 9.57. The van der Waals surface area contributed by atoms with Gasteiger partial charge in [-0.2, -0.15) is 5.21 Å². The quantitative estimate of drug-likeness (QED) is 0.382. The number of hydrogen-bond donors (Lipinski definition) is 1. The summed E-state index contributed by atoms with van der Waals surface area (Å²) in [5, 5.41) is 14.4. The Morgan fingerprint density at radius 1 is 1.03 bits per heavy atom. The van der Waals surface area contributed by atoms with Gasteiger partial charge in [0.2, 0.25) is 11.7 Å². The Morgan fingerprint density at radius 2 is 1.78 bits per heavy atom. The average Bonchev–Trinajstić information content (AvgIpc) is 3.55. The second-order valence-corrected chi connectivity index (χ2v) is 8.72. The van der Waals surface area contributed by atoms with Gasteiger partial charge in [-0.05, 0) is 28.0 Å². The van der Waals surface area contributed by atoms with Crippen LogP contribution >= 0.6 is 0 Å². The van der Waals surface area contributed by atoms with E-state index in [2.05, 4.69) is 25.6 Å². The topological polar surface area (TPSA) is 115 Å². The summed E-state index contributed by atoms with van der Waals surface area (Å²) in [7, 11) is 3.35. The number of carbonyl (C=O) groups is 1. The molecule has 36 heavy (non-hydrogen) atoms. The largest absolute Gasteiger partial charge is 0.347 e. The van der Waals surface area contributed by atoms with Crippen molar-refractivity contribution in [1.29, 1.82) is 0 Å². The second-order valence-electron chi connectivity index (χ2n) is 8.72. The van der Waals surface area contributed by atoms with Crippen LogP contribution in [0.25, 0.3) is 33.5 Å². The summed E-state index contributed by atoms with van der Waals surface area (Å²) >= 11 is 0. The Kier molecular flexibility index (Phi) is 6.16. The maximum Gasteiger partial charge on any atom is 0.277 e. The fourth-order valence-corrected chi connectivity index (χ4v) is 4.26. The summed E-state index contributed by atoms with van der Waals surface area (Å²) in [5.41, 5.74) is 4.87. The van der Waals surface area contributed by atoms with Crippen LogP contribution in [0.2, 0.25) is 0 Å². The Labute approximate surface area is 207 Å². The Balaban J connectivity index is 1.49. The third-order valence-corrected chi connectivity index (χ3v) is 6.19. The van der Waals surface area contributed by atoms with E-state index in [9.17, 15) is 9.59 Å². The van der Waals surface area contributed by atoms with Gasteiger partial charge in [0.15, 0.2) is 0 Å². The third kappa shape index (κ3) is 4.28. The molecule has 10 nitrogen and oxygen atoms in total. The minimum atomic E-state index is -0.222. The van der Waals surface area contributed by atoms with Crippen molar-refractivity contribution in [2.24, 2.45) is 0 Å². The van der Waals surface area contributed by atoms with Crippen molar-refractivity contribution in [2.75, 3.05) is 14.1 Å². The van der Waals surface area contributed by atoms with Gasteiger partial charge in [0.05, 0.1) is 5.52 Å². The first kappa shape index (κ1) is 23.2. The van der Waals surface area contributed by atoms with E-state index in [1.165, 1.54) is 9.47 Å². The molecule has 0 radical (unpaired) electrons. The molecule has 1 amide bonds. The summed E-state index contributed by atoms with van der Waals surface area (Å²) < 4.78 is 3.40. The van der Waals surface area contributed by atoms with Gasteiger partial charge in [-0.15, -0.1) is 10.2 Å². The van der Waals surface area contributed by atoms with E-state index in [4.69, 9.17) is 0 Å². The smallest absolute Gasteiger partial charge is 0.277 e. The van der Waals surface area contributed by atoms with Gasteiger partial charge >= 0.3 is 0 Å². The number of hydrogen-bond acceptors (Lipinski definition) is 6. The number of aryl methyl sites for hydroxylation is 1. The molecule has 5 aromatic rings. The van der Waals surface area contributed by atoms with Gasteiger partial charge in [0.1, 0.15) is 17.9 Å². The van der Waals surface area contributed by atoms with Gasteiger partial charge in [0, 0.05) is 38.8 Å². The number of pyridine rings is 1. The molecule has 0 atom stereocenters.